The first-order valence-electron chi connectivity index (χ1n) is 9.17. The third-order valence-electron chi connectivity index (χ3n) is 5.54. The molecule has 0 bridgehead atoms. The van der Waals surface area contributed by atoms with Crippen LogP contribution in [-0.4, -0.2) is 25.8 Å². The normalized spacial score (nSPS) is 22.1. The first-order valence-corrected chi connectivity index (χ1v) is 11.0. The first-order chi connectivity index (χ1) is 13.0. The van der Waals surface area contributed by atoms with Gasteiger partial charge in [-0.2, -0.15) is 4.31 Å². The van der Waals surface area contributed by atoms with Gasteiger partial charge in [0.05, 0.1) is 4.90 Å². The van der Waals surface area contributed by atoms with Crippen molar-refractivity contribution in [3.63, 3.8) is 0 Å². The van der Waals surface area contributed by atoms with Gasteiger partial charge in [-0.25, -0.2) is 12.8 Å². The predicted molar refractivity (Wildman–Crippen MR) is 107 cm³/mol. The van der Waals surface area contributed by atoms with Crippen molar-refractivity contribution < 1.29 is 12.8 Å². The second kappa shape index (κ2) is 7.38. The van der Waals surface area contributed by atoms with Crippen LogP contribution in [0.4, 0.5) is 4.39 Å². The van der Waals surface area contributed by atoms with Gasteiger partial charge in [0.25, 0.3) is 0 Å². The molecule has 2 aliphatic rings. The zero-order valence-electron chi connectivity index (χ0n) is 14.8. The van der Waals surface area contributed by atoms with E-state index in [9.17, 15) is 12.8 Å². The molecule has 27 heavy (non-hydrogen) atoms. The standard InChI is InChI=1S/C21H21ClFNO2S/c22-17-5-3-4-16(14-17)15-10-12-24(13-11-15)27(25,26)21-9-8-20(23)18-6-1-2-7-19(18)21/h1-4,6-9,14-16H,5,10-13H2. The highest BCUT2D eigenvalue weighted by Gasteiger charge is 2.32. The fraction of sp³-hybridized carbons (Fsp3) is 0.333. The molecular weight excluding hydrogens is 385 g/mol. The molecule has 4 rings (SSSR count). The lowest BCUT2D eigenvalue weighted by molar-refractivity contribution is 0.250. The van der Waals surface area contributed by atoms with E-state index >= 15 is 0 Å². The zero-order chi connectivity index (χ0) is 19.0. The largest absolute Gasteiger partial charge is 0.243 e. The van der Waals surface area contributed by atoms with E-state index in [1.54, 1.807) is 24.3 Å². The molecule has 0 radical (unpaired) electrons. The average molecular weight is 406 g/mol. The fourth-order valence-corrected chi connectivity index (χ4v) is 5.96. The number of nitrogens with zero attached hydrogens (tertiary/aromatic N) is 1. The Hall–Kier alpha value is -1.69. The van der Waals surface area contributed by atoms with Crippen LogP contribution in [0.25, 0.3) is 10.8 Å². The Morgan fingerprint density at radius 3 is 2.44 bits per heavy atom. The third kappa shape index (κ3) is 3.56. The molecule has 2 aromatic rings. The van der Waals surface area contributed by atoms with Crippen LogP contribution in [0.5, 0.6) is 0 Å². The van der Waals surface area contributed by atoms with E-state index in [1.807, 2.05) is 0 Å². The van der Waals surface area contributed by atoms with E-state index in [1.165, 1.54) is 16.4 Å². The van der Waals surface area contributed by atoms with E-state index in [2.05, 4.69) is 18.2 Å². The van der Waals surface area contributed by atoms with Gasteiger partial charge < -0.3 is 0 Å². The molecule has 1 saturated heterocycles. The SMILES string of the molecule is O=S(=O)(c1ccc(F)c2ccccc12)N1CCC(C2C=CCC(Cl)=C2)CC1. The Labute approximate surface area is 164 Å². The molecule has 142 valence electrons. The molecule has 6 heteroatoms. The predicted octanol–water partition coefficient (Wildman–Crippen LogP) is 5.08. The quantitative estimate of drug-likeness (QED) is 0.668. The summed E-state index contributed by atoms with van der Waals surface area (Å²) in [6, 6.07) is 9.34. The number of hydrogen-bond acceptors (Lipinski definition) is 2. The number of piperidine rings is 1. The maximum atomic E-state index is 14.1. The molecule has 0 amide bonds. The van der Waals surface area contributed by atoms with Crippen molar-refractivity contribution in [3.05, 3.63) is 65.5 Å². The minimum Gasteiger partial charge on any atom is -0.207 e. The second-order valence-electron chi connectivity index (χ2n) is 7.16. The number of sulfonamides is 1. The van der Waals surface area contributed by atoms with E-state index < -0.39 is 15.8 Å². The Morgan fingerprint density at radius 1 is 1.04 bits per heavy atom. The lowest BCUT2D eigenvalue weighted by atomic mass is 9.83. The van der Waals surface area contributed by atoms with Crippen molar-refractivity contribution in [2.45, 2.75) is 24.2 Å². The van der Waals surface area contributed by atoms with Gasteiger partial charge in [0, 0.05) is 35.3 Å². The van der Waals surface area contributed by atoms with Crippen LogP contribution in [0.3, 0.4) is 0 Å². The molecule has 1 aliphatic carbocycles. The molecule has 1 unspecified atom stereocenters. The highest BCUT2D eigenvalue weighted by Crippen LogP contribution is 2.34. The Kier molecular flexibility index (Phi) is 5.10. The van der Waals surface area contributed by atoms with Crippen molar-refractivity contribution in [1.29, 1.82) is 0 Å². The molecule has 1 aliphatic heterocycles. The van der Waals surface area contributed by atoms with Crippen LogP contribution in [0.2, 0.25) is 0 Å². The Balaban J connectivity index is 1.57. The van der Waals surface area contributed by atoms with Gasteiger partial charge in [-0.15, -0.1) is 0 Å². The smallest absolute Gasteiger partial charge is 0.207 e. The van der Waals surface area contributed by atoms with Crippen LogP contribution < -0.4 is 0 Å². The second-order valence-corrected chi connectivity index (χ2v) is 9.55. The van der Waals surface area contributed by atoms with Gasteiger partial charge in [0.1, 0.15) is 5.82 Å². The molecule has 3 nitrogen and oxygen atoms in total. The average Bonchev–Trinajstić information content (AvgIpc) is 2.68. The molecule has 1 fully saturated rings. The highest BCUT2D eigenvalue weighted by atomic mass is 35.5. The molecule has 1 heterocycles. The summed E-state index contributed by atoms with van der Waals surface area (Å²) >= 11 is 6.15. The maximum Gasteiger partial charge on any atom is 0.243 e. The number of fused-ring (bicyclic) bond motifs is 1. The fourth-order valence-electron chi connectivity index (χ4n) is 4.06. The van der Waals surface area contributed by atoms with Crippen LogP contribution in [0.1, 0.15) is 19.3 Å². The van der Waals surface area contributed by atoms with Crippen molar-refractivity contribution in [3.8, 4) is 0 Å². The number of allylic oxidation sites excluding steroid dienone is 4. The topological polar surface area (TPSA) is 37.4 Å². The molecule has 1 atom stereocenters. The lowest BCUT2D eigenvalue weighted by Crippen LogP contribution is -2.39. The minimum atomic E-state index is -3.66. The van der Waals surface area contributed by atoms with E-state index in [4.69, 9.17) is 11.6 Å². The monoisotopic (exact) mass is 405 g/mol. The van der Waals surface area contributed by atoms with Gasteiger partial charge >= 0.3 is 0 Å². The zero-order valence-corrected chi connectivity index (χ0v) is 16.4. The van der Waals surface area contributed by atoms with E-state index in [0.717, 1.165) is 24.3 Å². The molecule has 2 aromatic carbocycles. The summed E-state index contributed by atoms with van der Waals surface area (Å²) in [7, 11) is -3.66. The summed E-state index contributed by atoms with van der Waals surface area (Å²) in [4.78, 5) is 0.179. The van der Waals surface area contributed by atoms with Gasteiger partial charge in [-0.05, 0) is 36.8 Å². The first kappa shape index (κ1) is 18.7. The summed E-state index contributed by atoms with van der Waals surface area (Å²) < 4.78 is 42.0. The van der Waals surface area contributed by atoms with Crippen molar-refractivity contribution in [2.75, 3.05) is 13.1 Å². The molecule has 0 saturated carbocycles. The summed E-state index contributed by atoms with van der Waals surface area (Å²) in [5.41, 5.74) is 0. The third-order valence-corrected chi connectivity index (χ3v) is 7.77. The van der Waals surface area contributed by atoms with Gasteiger partial charge in [-0.1, -0.05) is 54.1 Å². The van der Waals surface area contributed by atoms with E-state index in [0.29, 0.717) is 29.8 Å². The minimum absolute atomic E-state index is 0.179. The number of benzene rings is 2. The molecule has 0 N–H and O–H groups in total. The lowest BCUT2D eigenvalue weighted by Gasteiger charge is -2.34. The van der Waals surface area contributed by atoms with Crippen molar-refractivity contribution in [2.24, 2.45) is 11.8 Å². The van der Waals surface area contributed by atoms with Crippen LogP contribution in [-0.2, 0) is 10.0 Å². The summed E-state index contributed by atoms with van der Waals surface area (Å²) in [5, 5.41) is 1.63. The molecular formula is C21H21ClFNO2S. The van der Waals surface area contributed by atoms with Crippen LogP contribution >= 0.6 is 11.6 Å². The van der Waals surface area contributed by atoms with Gasteiger partial charge in [-0.3, -0.25) is 0 Å². The molecule has 0 aromatic heterocycles. The van der Waals surface area contributed by atoms with Gasteiger partial charge in [0.15, 0.2) is 0 Å². The molecule has 0 spiro atoms. The Bertz CT molecular complexity index is 1020. The number of hydrogen-bond donors (Lipinski definition) is 0. The van der Waals surface area contributed by atoms with Crippen LogP contribution in [0.15, 0.2) is 64.6 Å². The summed E-state index contributed by atoms with van der Waals surface area (Å²) in [6.45, 7) is 0.934. The summed E-state index contributed by atoms with van der Waals surface area (Å²) in [5.74, 6) is 0.269. The van der Waals surface area contributed by atoms with Crippen molar-refractivity contribution in [1.82, 2.24) is 4.31 Å². The van der Waals surface area contributed by atoms with Gasteiger partial charge in [0.2, 0.25) is 10.0 Å². The Morgan fingerprint density at radius 2 is 1.74 bits per heavy atom. The van der Waals surface area contributed by atoms with Crippen molar-refractivity contribution >= 4 is 32.4 Å². The maximum absolute atomic E-state index is 14.1. The van der Waals surface area contributed by atoms with E-state index in [-0.39, 0.29) is 10.8 Å². The summed E-state index contributed by atoms with van der Waals surface area (Å²) in [6.07, 6.45) is 8.70. The highest BCUT2D eigenvalue weighted by molar-refractivity contribution is 7.89. The van der Waals surface area contributed by atoms with Crippen LogP contribution in [0, 0.1) is 17.7 Å². The number of rotatable bonds is 3. The number of halogens is 2.